The van der Waals surface area contributed by atoms with Gasteiger partial charge in [0.2, 0.25) is 0 Å². The number of carbonyl (C=O) groups is 1. The van der Waals surface area contributed by atoms with Crippen LogP contribution in [0.3, 0.4) is 0 Å². The van der Waals surface area contributed by atoms with Gasteiger partial charge in [0.25, 0.3) is 0 Å². The van der Waals surface area contributed by atoms with Gasteiger partial charge in [0.15, 0.2) is 0 Å². The summed E-state index contributed by atoms with van der Waals surface area (Å²) >= 11 is 6.27. The fourth-order valence-electron chi connectivity index (χ4n) is 5.20. The Hall–Kier alpha value is -3.09. The van der Waals surface area contributed by atoms with E-state index < -0.39 is 5.82 Å². The van der Waals surface area contributed by atoms with Crippen LogP contribution in [0.1, 0.15) is 49.8 Å². The highest BCUT2D eigenvalue weighted by molar-refractivity contribution is 6.33. The van der Waals surface area contributed by atoms with Gasteiger partial charge in [0.05, 0.1) is 28.9 Å². The molecule has 2 bridgehead atoms. The summed E-state index contributed by atoms with van der Waals surface area (Å²) in [7, 11) is 0. The molecule has 2 aliphatic heterocycles. The van der Waals surface area contributed by atoms with Crippen molar-refractivity contribution in [2.24, 2.45) is 11.8 Å². The summed E-state index contributed by atoms with van der Waals surface area (Å²) < 4.78 is 33.1. The highest BCUT2D eigenvalue weighted by Gasteiger charge is 2.46. The highest BCUT2D eigenvalue weighted by atomic mass is 35.5. The van der Waals surface area contributed by atoms with Crippen molar-refractivity contribution in [3.8, 4) is 11.8 Å². The zero-order chi connectivity index (χ0) is 27.0. The number of benzene rings is 1. The topological polar surface area (TPSA) is 96.7 Å². The van der Waals surface area contributed by atoms with E-state index in [0.717, 1.165) is 36.5 Å². The molecule has 0 radical (unpaired) electrons. The molecule has 1 N–H and O–H groups in total. The maximum Gasteiger partial charge on any atom is 0.410 e. The highest BCUT2D eigenvalue weighted by Crippen LogP contribution is 2.41. The lowest BCUT2D eigenvalue weighted by atomic mass is 9.85. The number of hydrogen-bond acceptors (Lipinski definition) is 7. The van der Waals surface area contributed by atoms with E-state index in [-0.39, 0.29) is 45.9 Å². The van der Waals surface area contributed by atoms with Crippen LogP contribution in [0.4, 0.5) is 20.7 Å². The first-order chi connectivity index (χ1) is 18.2. The van der Waals surface area contributed by atoms with E-state index in [0.29, 0.717) is 44.3 Å². The Morgan fingerprint density at radius 2 is 2.13 bits per heavy atom. The molecule has 3 aliphatic rings. The molecule has 1 aromatic heterocycles. The van der Waals surface area contributed by atoms with Gasteiger partial charge in [-0.3, -0.25) is 0 Å². The zero-order valence-corrected chi connectivity index (χ0v) is 22.6. The molecular weight excluding hydrogens is 511 g/mol. The zero-order valence-electron chi connectivity index (χ0n) is 21.9. The van der Waals surface area contributed by atoms with E-state index in [1.54, 1.807) is 11.1 Å². The summed E-state index contributed by atoms with van der Waals surface area (Å²) in [6.07, 6.45) is 4.58. The number of ether oxygens (including phenoxy) is 3. The number of aryl methyl sites for hydroxylation is 1. The third-order valence-electron chi connectivity index (χ3n) is 7.74. The number of nitrogens with zero attached hydrogens (tertiary/aromatic N) is 3. The lowest BCUT2D eigenvalue weighted by Crippen LogP contribution is -2.54. The molecule has 3 atom stereocenters. The Morgan fingerprint density at radius 3 is 2.82 bits per heavy atom. The number of anilines is 2. The molecular formula is C28H32ClFN4O4. The average Bonchev–Trinajstić information content (AvgIpc) is 3.63. The largest absolute Gasteiger partial charge is 0.489 e. The van der Waals surface area contributed by atoms with Crippen molar-refractivity contribution in [3.05, 3.63) is 45.9 Å². The minimum absolute atomic E-state index is 0.0186. The average molecular weight is 543 g/mol. The van der Waals surface area contributed by atoms with Crippen molar-refractivity contribution >= 4 is 29.2 Å². The van der Waals surface area contributed by atoms with E-state index in [2.05, 4.69) is 10.3 Å². The molecule has 3 fully saturated rings. The second kappa shape index (κ2) is 10.6. The van der Waals surface area contributed by atoms with Gasteiger partial charge in [-0.1, -0.05) is 18.5 Å². The number of piperidine rings is 1. The van der Waals surface area contributed by atoms with Gasteiger partial charge in [-0.05, 0) is 51.7 Å². The summed E-state index contributed by atoms with van der Waals surface area (Å²) in [6.45, 7) is 8.02. The number of fused-ring (bicyclic) bond motifs is 2. The fourth-order valence-corrected chi connectivity index (χ4v) is 5.46. The summed E-state index contributed by atoms with van der Waals surface area (Å²) in [5.41, 5.74) is 1.52. The fraction of sp³-hybridized carbons (Fsp3) is 0.536. The number of carbonyl (C=O) groups excluding carboxylic acids is 1. The Kier molecular flexibility index (Phi) is 7.38. The number of nitriles is 1. The summed E-state index contributed by atoms with van der Waals surface area (Å²) in [4.78, 5) is 19.2. The number of amides is 1. The van der Waals surface area contributed by atoms with Crippen molar-refractivity contribution in [2.45, 2.75) is 58.2 Å². The molecule has 1 aromatic carbocycles. The second-order valence-corrected chi connectivity index (χ2v) is 11.1. The van der Waals surface area contributed by atoms with Crippen LogP contribution in [0.15, 0.2) is 18.3 Å². The van der Waals surface area contributed by atoms with Crippen molar-refractivity contribution < 1.29 is 23.4 Å². The lowest BCUT2D eigenvalue weighted by molar-refractivity contribution is -0.0202. The minimum atomic E-state index is -0.639. The second-order valence-electron chi connectivity index (χ2n) is 10.7. The molecule has 38 heavy (non-hydrogen) atoms. The van der Waals surface area contributed by atoms with Crippen LogP contribution < -0.4 is 10.1 Å². The van der Waals surface area contributed by atoms with Gasteiger partial charge in [-0.25, -0.2) is 14.2 Å². The Labute approximate surface area is 227 Å². The van der Waals surface area contributed by atoms with E-state index in [1.807, 2.05) is 26.8 Å². The Balaban J connectivity index is 1.40. The number of likely N-dealkylation sites (tertiary alicyclic amines) is 1. The third-order valence-corrected chi connectivity index (χ3v) is 8.03. The molecule has 1 amide bonds. The molecule has 0 spiro atoms. The van der Waals surface area contributed by atoms with Gasteiger partial charge in [0.1, 0.15) is 29.1 Å². The lowest BCUT2D eigenvalue weighted by Gasteiger charge is -2.42. The van der Waals surface area contributed by atoms with E-state index in [4.69, 9.17) is 31.1 Å². The molecule has 2 saturated heterocycles. The van der Waals surface area contributed by atoms with Crippen molar-refractivity contribution in [2.75, 3.05) is 31.6 Å². The van der Waals surface area contributed by atoms with Gasteiger partial charge < -0.3 is 24.4 Å². The molecule has 2 aromatic rings. The predicted octanol–water partition coefficient (Wildman–Crippen LogP) is 5.77. The van der Waals surface area contributed by atoms with Gasteiger partial charge in [-0.2, -0.15) is 5.26 Å². The number of aromatic nitrogens is 1. The van der Waals surface area contributed by atoms with Crippen LogP contribution >= 0.6 is 11.6 Å². The number of halogens is 2. The third kappa shape index (κ3) is 5.38. The molecule has 1 aliphatic carbocycles. The molecule has 8 nitrogen and oxygen atoms in total. The SMILES string of the molecule is CCc1cnc(Nc2c(F)cc(C#N)cc2Cl)c(C)c1OC1C2CCOCC1CN(C(=O)OC1(C)CC1)C2. The molecule has 10 heteroatoms. The first-order valence-electron chi connectivity index (χ1n) is 13.1. The van der Waals surface area contributed by atoms with Crippen LogP contribution in [-0.4, -0.2) is 54.0 Å². The van der Waals surface area contributed by atoms with Crippen LogP contribution in [0.2, 0.25) is 5.02 Å². The summed E-state index contributed by atoms with van der Waals surface area (Å²) in [5, 5.41) is 12.2. The maximum atomic E-state index is 14.7. The van der Waals surface area contributed by atoms with E-state index in [9.17, 15) is 9.18 Å². The standard InChI is InChI=1S/C28H32ClFN4O4/c1-4-18-12-32-26(33-23-21(29)9-17(11-31)10-22(23)30)16(2)24(18)37-25-19-5-8-36-15-20(25)14-34(13-19)27(35)38-28(3)6-7-28/h9-10,12,19-20,25H,4-8,13-15H2,1-3H3,(H,32,33). The quantitative estimate of drug-likeness (QED) is 0.495. The summed E-state index contributed by atoms with van der Waals surface area (Å²) in [5.74, 6) is 0.531. The van der Waals surface area contributed by atoms with Crippen LogP contribution in [-0.2, 0) is 15.9 Å². The van der Waals surface area contributed by atoms with Gasteiger partial charge >= 0.3 is 6.09 Å². The Bertz CT molecular complexity index is 1240. The van der Waals surface area contributed by atoms with Crippen LogP contribution in [0, 0.1) is 35.9 Å². The van der Waals surface area contributed by atoms with Crippen molar-refractivity contribution in [3.63, 3.8) is 0 Å². The first-order valence-corrected chi connectivity index (χ1v) is 13.5. The summed E-state index contributed by atoms with van der Waals surface area (Å²) in [6, 6.07) is 4.44. The smallest absolute Gasteiger partial charge is 0.410 e. The van der Waals surface area contributed by atoms with Crippen LogP contribution in [0.25, 0.3) is 0 Å². The van der Waals surface area contributed by atoms with Crippen molar-refractivity contribution in [1.82, 2.24) is 9.88 Å². The molecule has 1 saturated carbocycles. The minimum Gasteiger partial charge on any atom is -0.489 e. The number of pyridine rings is 1. The van der Waals surface area contributed by atoms with Crippen molar-refractivity contribution in [1.29, 1.82) is 5.26 Å². The number of nitrogens with one attached hydrogen (secondary N) is 1. The van der Waals surface area contributed by atoms with Crippen LogP contribution in [0.5, 0.6) is 5.75 Å². The van der Waals surface area contributed by atoms with E-state index >= 15 is 0 Å². The number of hydrogen-bond donors (Lipinski definition) is 1. The monoisotopic (exact) mass is 542 g/mol. The van der Waals surface area contributed by atoms with Gasteiger partial charge in [-0.15, -0.1) is 0 Å². The molecule has 5 rings (SSSR count). The van der Waals surface area contributed by atoms with Gasteiger partial charge in [0, 0.05) is 48.9 Å². The number of rotatable bonds is 6. The first kappa shape index (κ1) is 26.5. The maximum absolute atomic E-state index is 14.7. The molecule has 3 unspecified atom stereocenters. The molecule has 3 heterocycles. The molecule has 202 valence electrons. The van der Waals surface area contributed by atoms with E-state index in [1.165, 1.54) is 6.07 Å². The normalized spacial score (nSPS) is 23.7. The predicted molar refractivity (Wildman–Crippen MR) is 140 cm³/mol. The Morgan fingerprint density at radius 1 is 1.37 bits per heavy atom.